The lowest BCUT2D eigenvalue weighted by Crippen LogP contribution is -2.42. The number of carbonyl (C=O) groups excluding carboxylic acids is 2. The Kier molecular flexibility index (Phi) is 1.83. The third-order valence-corrected chi connectivity index (χ3v) is 4.00. The van der Waals surface area contributed by atoms with E-state index in [4.69, 9.17) is 9.47 Å². The monoisotopic (exact) mass is 224 g/mol. The number of carbonyl (C=O) groups is 2. The smallest absolute Gasteiger partial charge is 0.318 e. The minimum atomic E-state index is -0.871. The molecule has 4 atom stereocenters. The normalized spacial score (nSPS) is 42.6. The molecule has 2 aliphatic carbocycles. The number of rotatable bonds is 2. The van der Waals surface area contributed by atoms with Gasteiger partial charge in [0, 0.05) is 26.1 Å². The Bertz CT molecular complexity index is 363. The van der Waals surface area contributed by atoms with Gasteiger partial charge in [0.1, 0.15) is 0 Å². The Labute approximate surface area is 92.3 Å². The second kappa shape index (κ2) is 2.93. The lowest BCUT2D eigenvalue weighted by atomic mass is 9.85. The Morgan fingerprint density at radius 3 is 1.88 bits per heavy atom. The Morgan fingerprint density at radius 2 is 1.50 bits per heavy atom. The summed E-state index contributed by atoms with van der Waals surface area (Å²) in [7, 11) is 3.07. The summed E-state index contributed by atoms with van der Waals surface area (Å²) < 4.78 is 15.5. The number of ether oxygens (including phenoxy) is 3. The van der Waals surface area contributed by atoms with Gasteiger partial charge in [-0.2, -0.15) is 0 Å². The summed E-state index contributed by atoms with van der Waals surface area (Å²) >= 11 is 0. The van der Waals surface area contributed by atoms with E-state index in [0.717, 1.165) is 0 Å². The number of fused-ring (bicyclic) bond motifs is 5. The highest BCUT2D eigenvalue weighted by Crippen LogP contribution is 2.59. The van der Waals surface area contributed by atoms with Crippen molar-refractivity contribution in [2.75, 3.05) is 14.2 Å². The summed E-state index contributed by atoms with van der Waals surface area (Å²) in [6.07, 6.45) is 3.78. The largest absolute Gasteiger partial charge is 0.393 e. The molecule has 0 N–H and O–H groups in total. The maximum absolute atomic E-state index is 11.6. The molecule has 0 radical (unpaired) electrons. The van der Waals surface area contributed by atoms with Gasteiger partial charge >= 0.3 is 11.9 Å². The minimum absolute atomic E-state index is 0.226. The van der Waals surface area contributed by atoms with Gasteiger partial charge in [0.25, 0.3) is 0 Å². The molecule has 1 saturated heterocycles. The zero-order valence-corrected chi connectivity index (χ0v) is 9.01. The van der Waals surface area contributed by atoms with E-state index in [9.17, 15) is 9.59 Å². The van der Waals surface area contributed by atoms with Crippen LogP contribution in [0, 0.1) is 23.7 Å². The first-order valence-electron chi connectivity index (χ1n) is 5.20. The molecule has 0 aromatic rings. The van der Waals surface area contributed by atoms with E-state index in [2.05, 4.69) is 4.74 Å². The fourth-order valence-corrected chi connectivity index (χ4v) is 3.37. The van der Waals surface area contributed by atoms with Gasteiger partial charge in [0.05, 0.1) is 11.8 Å². The summed E-state index contributed by atoms with van der Waals surface area (Å²) in [6, 6.07) is 0. The van der Waals surface area contributed by atoms with Crippen LogP contribution in [0.5, 0.6) is 0 Å². The van der Waals surface area contributed by atoms with Crippen LogP contribution >= 0.6 is 0 Å². The van der Waals surface area contributed by atoms with Gasteiger partial charge in [-0.15, -0.1) is 0 Å². The molecule has 16 heavy (non-hydrogen) atoms. The van der Waals surface area contributed by atoms with Gasteiger partial charge in [-0.1, -0.05) is 12.2 Å². The van der Waals surface area contributed by atoms with Crippen LogP contribution in [0.25, 0.3) is 0 Å². The first-order valence-corrected chi connectivity index (χ1v) is 5.20. The van der Waals surface area contributed by atoms with Crippen molar-refractivity contribution >= 4 is 11.9 Å². The average Bonchev–Trinajstić information content (AvgIpc) is 2.87. The zero-order chi connectivity index (χ0) is 11.5. The van der Waals surface area contributed by atoms with E-state index in [-0.39, 0.29) is 11.8 Å². The summed E-state index contributed by atoms with van der Waals surface area (Å²) in [4.78, 5) is 23.2. The van der Waals surface area contributed by atoms with Crippen molar-refractivity contribution in [1.29, 1.82) is 0 Å². The van der Waals surface area contributed by atoms with Gasteiger partial charge < -0.3 is 14.2 Å². The molecule has 1 heterocycles. The molecule has 0 spiro atoms. The molecule has 1 aliphatic heterocycles. The summed E-state index contributed by atoms with van der Waals surface area (Å²) in [5, 5.41) is 0. The lowest BCUT2D eigenvalue weighted by Gasteiger charge is -2.32. The van der Waals surface area contributed by atoms with Gasteiger partial charge in [0.15, 0.2) is 5.79 Å². The van der Waals surface area contributed by atoms with Crippen LogP contribution in [0.2, 0.25) is 0 Å². The quantitative estimate of drug-likeness (QED) is 0.288. The van der Waals surface area contributed by atoms with E-state index in [1.165, 1.54) is 14.2 Å². The van der Waals surface area contributed by atoms with Crippen molar-refractivity contribution in [2.45, 2.75) is 5.79 Å². The van der Waals surface area contributed by atoms with E-state index in [1.54, 1.807) is 0 Å². The predicted molar refractivity (Wildman–Crippen MR) is 50.9 cm³/mol. The van der Waals surface area contributed by atoms with Crippen LogP contribution in [0.3, 0.4) is 0 Å². The van der Waals surface area contributed by atoms with Crippen LogP contribution < -0.4 is 0 Å². The summed E-state index contributed by atoms with van der Waals surface area (Å²) in [6.45, 7) is 0. The van der Waals surface area contributed by atoms with Crippen LogP contribution in [-0.4, -0.2) is 31.9 Å². The third-order valence-electron chi connectivity index (χ3n) is 4.00. The Hall–Kier alpha value is -1.20. The van der Waals surface area contributed by atoms with E-state index in [0.29, 0.717) is 0 Å². The lowest BCUT2D eigenvalue weighted by molar-refractivity contribution is -0.236. The van der Waals surface area contributed by atoms with Crippen LogP contribution in [-0.2, 0) is 23.8 Å². The minimum Gasteiger partial charge on any atom is -0.393 e. The van der Waals surface area contributed by atoms with Crippen molar-refractivity contribution in [3.63, 3.8) is 0 Å². The predicted octanol–water partition coefficient (Wildman–Crippen LogP) is 0.107. The van der Waals surface area contributed by atoms with Gasteiger partial charge in [-0.05, 0) is 0 Å². The number of esters is 2. The average molecular weight is 224 g/mol. The maximum Gasteiger partial charge on any atom is 0.318 e. The standard InChI is InChI=1S/C11H12O5/c1-14-11(15-2)5-3-4-6(11)8-7(5)9(12)16-10(8)13/h3-8H,1-2H3. The molecule has 0 aromatic carbocycles. The molecule has 2 fully saturated rings. The molecule has 4 unspecified atom stereocenters. The molecule has 0 aromatic heterocycles. The topological polar surface area (TPSA) is 61.8 Å². The van der Waals surface area contributed by atoms with Crippen LogP contribution in [0.1, 0.15) is 0 Å². The van der Waals surface area contributed by atoms with Crippen molar-refractivity contribution in [3.8, 4) is 0 Å². The Balaban J connectivity index is 2.09. The highest BCUT2D eigenvalue weighted by molar-refractivity contribution is 5.98. The fourth-order valence-electron chi connectivity index (χ4n) is 3.37. The first-order chi connectivity index (χ1) is 7.65. The van der Waals surface area contributed by atoms with Crippen LogP contribution in [0.4, 0.5) is 0 Å². The highest BCUT2D eigenvalue weighted by Gasteiger charge is 2.70. The third kappa shape index (κ3) is 0.850. The molecule has 2 bridgehead atoms. The molecule has 5 nitrogen and oxygen atoms in total. The highest BCUT2D eigenvalue weighted by atomic mass is 16.7. The molecule has 0 amide bonds. The number of cyclic esters (lactones) is 2. The van der Waals surface area contributed by atoms with E-state index in [1.807, 2.05) is 12.2 Å². The second-order valence-corrected chi connectivity index (χ2v) is 4.36. The molecule has 3 rings (SSSR count). The first kappa shape index (κ1) is 9.99. The molecular weight excluding hydrogens is 212 g/mol. The fraction of sp³-hybridized carbons (Fsp3) is 0.636. The SMILES string of the molecule is COC1(OC)C2C=CC1C1C(=O)OC(=O)C12. The van der Waals surface area contributed by atoms with Crippen molar-refractivity contribution in [1.82, 2.24) is 0 Å². The molecule has 3 aliphatic rings. The summed E-state index contributed by atoms with van der Waals surface area (Å²) in [5.74, 6) is -3.11. The molecule has 1 saturated carbocycles. The van der Waals surface area contributed by atoms with Gasteiger partial charge in [-0.25, -0.2) is 0 Å². The summed E-state index contributed by atoms with van der Waals surface area (Å²) in [5.41, 5.74) is 0. The van der Waals surface area contributed by atoms with Crippen LogP contribution in [0.15, 0.2) is 12.2 Å². The number of methoxy groups -OCH3 is 2. The van der Waals surface area contributed by atoms with Crippen molar-refractivity contribution in [3.05, 3.63) is 12.2 Å². The maximum atomic E-state index is 11.6. The van der Waals surface area contributed by atoms with E-state index >= 15 is 0 Å². The molecular formula is C11H12O5. The second-order valence-electron chi connectivity index (χ2n) is 4.36. The number of hydrogen-bond acceptors (Lipinski definition) is 5. The van der Waals surface area contributed by atoms with Gasteiger partial charge in [-0.3, -0.25) is 9.59 Å². The van der Waals surface area contributed by atoms with Crippen molar-refractivity contribution < 1.29 is 23.8 Å². The van der Waals surface area contributed by atoms with E-state index < -0.39 is 29.6 Å². The number of hydrogen-bond donors (Lipinski definition) is 0. The zero-order valence-electron chi connectivity index (χ0n) is 9.01. The Morgan fingerprint density at radius 1 is 1.06 bits per heavy atom. The molecule has 5 heteroatoms. The van der Waals surface area contributed by atoms with Gasteiger partial charge in [0.2, 0.25) is 0 Å². The van der Waals surface area contributed by atoms with Crippen molar-refractivity contribution in [2.24, 2.45) is 23.7 Å². The molecule has 86 valence electrons.